The molecule has 22 heavy (non-hydrogen) atoms. The van der Waals surface area contributed by atoms with Gasteiger partial charge in [0.2, 0.25) is 0 Å². The Labute approximate surface area is 131 Å². The van der Waals surface area contributed by atoms with Gasteiger partial charge in [0.15, 0.2) is 0 Å². The minimum absolute atomic E-state index is 0.211. The van der Waals surface area contributed by atoms with Crippen molar-refractivity contribution in [3.8, 4) is 11.1 Å². The highest BCUT2D eigenvalue weighted by Gasteiger charge is 2.28. The number of nitrogens with zero attached hydrogens (tertiary/aromatic N) is 1. The van der Waals surface area contributed by atoms with Gasteiger partial charge in [-0.2, -0.15) is 0 Å². The molecule has 2 aromatic rings. The minimum Gasteiger partial charge on any atom is -0.396 e. The van der Waals surface area contributed by atoms with Crippen molar-refractivity contribution in [1.29, 1.82) is 0 Å². The fourth-order valence-corrected chi connectivity index (χ4v) is 3.40. The summed E-state index contributed by atoms with van der Waals surface area (Å²) in [6.45, 7) is 2.25. The summed E-state index contributed by atoms with van der Waals surface area (Å²) in [6, 6.07) is 15.1. The third-order valence-corrected chi connectivity index (χ3v) is 4.69. The molecule has 1 heterocycles. The van der Waals surface area contributed by atoms with Gasteiger partial charge < -0.3 is 10.0 Å². The Balaban J connectivity index is 1.80. The summed E-state index contributed by atoms with van der Waals surface area (Å²) in [7, 11) is 2.11. The molecule has 0 unspecified atom stereocenters. The lowest BCUT2D eigenvalue weighted by Crippen LogP contribution is -2.38. The standard InChI is InChI=1S/C19H22FNO/c1-21-11-10-19(17(12-21)13-22)16-4-2-14(3-5-16)15-6-8-18(20)9-7-15/h2-9,17,19,22H,10-13H2,1H3/t17-,19-/m0/s1. The number of piperidine rings is 1. The number of halogens is 1. The van der Waals surface area contributed by atoms with Crippen molar-refractivity contribution in [3.05, 3.63) is 59.9 Å². The van der Waals surface area contributed by atoms with E-state index in [0.717, 1.165) is 30.6 Å². The first-order valence-corrected chi connectivity index (χ1v) is 7.82. The lowest BCUT2D eigenvalue weighted by Gasteiger charge is -2.36. The highest BCUT2D eigenvalue weighted by atomic mass is 19.1. The van der Waals surface area contributed by atoms with E-state index >= 15 is 0 Å². The number of aliphatic hydroxyl groups excluding tert-OH is 1. The number of rotatable bonds is 3. The van der Waals surface area contributed by atoms with E-state index < -0.39 is 0 Å². The molecule has 1 aliphatic heterocycles. The van der Waals surface area contributed by atoms with Crippen molar-refractivity contribution in [2.45, 2.75) is 12.3 Å². The van der Waals surface area contributed by atoms with Gasteiger partial charge in [0.1, 0.15) is 5.82 Å². The second-order valence-electron chi connectivity index (χ2n) is 6.23. The van der Waals surface area contributed by atoms with Crippen LogP contribution >= 0.6 is 0 Å². The van der Waals surface area contributed by atoms with E-state index in [2.05, 4.69) is 36.2 Å². The van der Waals surface area contributed by atoms with Gasteiger partial charge in [-0.3, -0.25) is 0 Å². The summed E-state index contributed by atoms with van der Waals surface area (Å²) in [5.74, 6) is 0.511. The predicted octanol–water partition coefficient (Wildman–Crippen LogP) is 3.52. The van der Waals surface area contributed by atoms with Crippen LogP contribution in [-0.2, 0) is 0 Å². The van der Waals surface area contributed by atoms with E-state index in [0.29, 0.717) is 11.8 Å². The highest BCUT2D eigenvalue weighted by Crippen LogP contribution is 2.33. The van der Waals surface area contributed by atoms with Gasteiger partial charge in [-0.15, -0.1) is 0 Å². The van der Waals surface area contributed by atoms with Crippen LogP contribution in [0, 0.1) is 11.7 Å². The fourth-order valence-electron chi connectivity index (χ4n) is 3.40. The molecule has 1 fully saturated rings. The van der Waals surface area contributed by atoms with Crippen LogP contribution in [0.3, 0.4) is 0 Å². The molecule has 0 radical (unpaired) electrons. The van der Waals surface area contributed by atoms with Gasteiger partial charge in [-0.25, -0.2) is 4.39 Å². The van der Waals surface area contributed by atoms with E-state index in [9.17, 15) is 9.50 Å². The maximum absolute atomic E-state index is 13.0. The minimum atomic E-state index is -0.211. The van der Waals surface area contributed by atoms with Crippen molar-refractivity contribution in [2.75, 3.05) is 26.7 Å². The number of aliphatic hydroxyl groups is 1. The lowest BCUT2D eigenvalue weighted by atomic mass is 9.80. The average Bonchev–Trinajstić information content (AvgIpc) is 2.56. The van der Waals surface area contributed by atoms with Crippen molar-refractivity contribution in [3.63, 3.8) is 0 Å². The molecule has 3 rings (SSSR count). The highest BCUT2D eigenvalue weighted by molar-refractivity contribution is 5.63. The third-order valence-electron chi connectivity index (χ3n) is 4.69. The SMILES string of the molecule is CN1CC[C@@H](c2ccc(-c3ccc(F)cc3)cc2)[C@H](CO)C1. The average molecular weight is 299 g/mol. The van der Waals surface area contributed by atoms with E-state index in [-0.39, 0.29) is 12.4 Å². The molecule has 0 aromatic heterocycles. The van der Waals surface area contributed by atoms with E-state index in [4.69, 9.17) is 0 Å². The van der Waals surface area contributed by atoms with E-state index in [1.807, 2.05) is 0 Å². The molecule has 0 spiro atoms. The molecule has 0 aliphatic carbocycles. The zero-order valence-corrected chi connectivity index (χ0v) is 12.9. The normalized spacial score (nSPS) is 22.7. The van der Waals surface area contributed by atoms with E-state index in [1.54, 1.807) is 12.1 Å². The molecule has 1 saturated heterocycles. The third kappa shape index (κ3) is 3.21. The quantitative estimate of drug-likeness (QED) is 0.937. The summed E-state index contributed by atoms with van der Waals surface area (Å²) >= 11 is 0. The Kier molecular flexibility index (Phi) is 4.55. The maximum atomic E-state index is 13.0. The molecule has 3 heteroatoms. The largest absolute Gasteiger partial charge is 0.396 e. The Bertz CT molecular complexity index is 608. The van der Waals surface area contributed by atoms with Crippen LogP contribution in [0.25, 0.3) is 11.1 Å². The fraction of sp³-hybridized carbons (Fsp3) is 0.368. The van der Waals surface area contributed by atoms with Crippen LogP contribution in [0.4, 0.5) is 4.39 Å². The summed E-state index contributed by atoms with van der Waals surface area (Å²) in [5, 5.41) is 9.64. The summed E-state index contributed by atoms with van der Waals surface area (Å²) in [4.78, 5) is 2.28. The molecule has 1 N–H and O–H groups in total. The first-order valence-electron chi connectivity index (χ1n) is 7.82. The van der Waals surface area contributed by atoms with Gasteiger partial charge >= 0.3 is 0 Å². The van der Waals surface area contributed by atoms with Crippen LogP contribution in [0.2, 0.25) is 0 Å². The zero-order valence-electron chi connectivity index (χ0n) is 12.9. The smallest absolute Gasteiger partial charge is 0.123 e. The Hall–Kier alpha value is -1.71. The summed E-state index contributed by atoms with van der Waals surface area (Å²) in [5.41, 5.74) is 3.41. The zero-order chi connectivity index (χ0) is 15.5. The topological polar surface area (TPSA) is 23.5 Å². The van der Waals surface area contributed by atoms with Crippen molar-refractivity contribution < 1.29 is 9.50 Å². The molecule has 2 aromatic carbocycles. The van der Waals surface area contributed by atoms with Crippen molar-refractivity contribution in [1.82, 2.24) is 4.90 Å². The molecule has 2 atom stereocenters. The van der Waals surface area contributed by atoms with Crippen LogP contribution < -0.4 is 0 Å². The van der Waals surface area contributed by atoms with Gasteiger partial charge in [-0.05, 0) is 54.8 Å². The number of benzene rings is 2. The molecule has 0 amide bonds. The second-order valence-corrected chi connectivity index (χ2v) is 6.23. The maximum Gasteiger partial charge on any atom is 0.123 e. The number of likely N-dealkylation sites (tertiary alicyclic amines) is 1. The van der Waals surface area contributed by atoms with E-state index in [1.165, 1.54) is 17.7 Å². The Morgan fingerprint density at radius 3 is 2.23 bits per heavy atom. The lowest BCUT2D eigenvalue weighted by molar-refractivity contribution is 0.118. The van der Waals surface area contributed by atoms with Crippen LogP contribution in [0.5, 0.6) is 0 Å². The first-order chi connectivity index (χ1) is 10.7. The molecular formula is C19H22FNO. The van der Waals surface area contributed by atoms with Gasteiger partial charge in [0.05, 0.1) is 0 Å². The van der Waals surface area contributed by atoms with Crippen molar-refractivity contribution >= 4 is 0 Å². The molecule has 0 bridgehead atoms. The molecule has 2 nitrogen and oxygen atoms in total. The monoisotopic (exact) mass is 299 g/mol. The van der Waals surface area contributed by atoms with Crippen LogP contribution in [0.1, 0.15) is 17.9 Å². The summed E-state index contributed by atoms with van der Waals surface area (Å²) in [6.07, 6.45) is 1.08. The molecule has 116 valence electrons. The van der Waals surface area contributed by atoms with Gasteiger partial charge in [0, 0.05) is 19.1 Å². The van der Waals surface area contributed by atoms with Crippen LogP contribution in [-0.4, -0.2) is 36.8 Å². The van der Waals surface area contributed by atoms with Crippen LogP contribution in [0.15, 0.2) is 48.5 Å². The number of hydrogen-bond acceptors (Lipinski definition) is 2. The molecule has 1 aliphatic rings. The summed E-state index contributed by atoms with van der Waals surface area (Å²) < 4.78 is 13.0. The van der Waals surface area contributed by atoms with Crippen molar-refractivity contribution in [2.24, 2.45) is 5.92 Å². The molecular weight excluding hydrogens is 277 g/mol. The molecule has 0 saturated carbocycles. The second kappa shape index (κ2) is 6.59. The predicted molar refractivity (Wildman–Crippen MR) is 87.3 cm³/mol. The van der Waals surface area contributed by atoms with Gasteiger partial charge in [-0.1, -0.05) is 36.4 Å². The number of hydrogen-bond donors (Lipinski definition) is 1. The Morgan fingerprint density at radius 2 is 1.64 bits per heavy atom. The Morgan fingerprint density at radius 1 is 1.05 bits per heavy atom. The first kappa shape index (κ1) is 15.2. The van der Waals surface area contributed by atoms with Gasteiger partial charge in [0.25, 0.3) is 0 Å².